The third-order valence-electron chi connectivity index (χ3n) is 4.09. The SMILES string of the molecule is CCS(=O)(=O)c1ccccc1NC1CCC(C(N)=O)CC1. The summed E-state index contributed by atoms with van der Waals surface area (Å²) in [5.74, 6) is -0.194. The Morgan fingerprint density at radius 3 is 2.43 bits per heavy atom. The van der Waals surface area contributed by atoms with Crippen LogP contribution in [0.5, 0.6) is 0 Å². The second-order valence-corrected chi connectivity index (χ2v) is 7.74. The first-order valence-electron chi connectivity index (χ1n) is 7.31. The molecule has 21 heavy (non-hydrogen) atoms. The number of hydrogen-bond donors (Lipinski definition) is 2. The molecule has 1 amide bonds. The van der Waals surface area contributed by atoms with Gasteiger partial charge in [0, 0.05) is 12.0 Å². The molecule has 0 aromatic heterocycles. The summed E-state index contributed by atoms with van der Waals surface area (Å²) < 4.78 is 24.2. The van der Waals surface area contributed by atoms with Gasteiger partial charge in [-0.05, 0) is 37.8 Å². The second kappa shape index (κ2) is 6.47. The standard InChI is InChI=1S/C15H22N2O3S/c1-2-21(19,20)14-6-4-3-5-13(14)17-12-9-7-11(8-10-12)15(16)18/h3-6,11-12,17H,2,7-10H2,1H3,(H2,16,18). The molecule has 0 spiro atoms. The lowest BCUT2D eigenvalue weighted by atomic mass is 9.85. The molecule has 0 bridgehead atoms. The highest BCUT2D eigenvalue weighted by Crippen LogP contribution is 2.29. The lowest BCUT2D eigenvalue weighted by Crippen LogP contribution is -2.32. The molecule has 1 aromatic carbocycles. The number of benzene rings is 1. The Bertz CT molecular complexity index is 605. The molecule has 0 aliphatic heterocycles. The summed E-state index contributed by atoms with van der Waals surface area (Å²) >= 11 is 0. The van der Waals surface area contributed by atoms with Crippen molar-refractivity contribution in [1.29, 1.82) is 0 Å². The zero-order chi connectivity index (χ0) is 15.5. The van der Waals surface area contributed by atoms with Crippen molar-refractivity contribution in [2.45, 2.75) is 43.5 Å². The van der Waals surface area contributed by atoms with Gasteiger partial charge in [0.1, 0.15) is 0 Å². The average Bonchev–Trinajstić information content (AvgIpc) is 2.48. The molecule has 0 saturated heterocycles. The molecule has 1 fully saturated rings. The predicted molar refractivity (Wildman–Crippen MR) is 82.7 cm³/mol. The second-order valence-electron chi connectivity index (χ2n) is 5.49. The van der Waals surface area contributed by atoms with E-state index in [1.54, 1.807) is 25.1 Å². The van der Waals surface area contributed by atoms with Crippen LogP contribution in [0.4, 0.5) is 5.69 Å². The molecule has 1 aliphatic rings. The van der Waals surface area contributed by atoms with Gasteiger partial charge >= 0.3 is 0 Å². The number of nitrogens with one attached hydrogen (secondary N) is 1. The van der Waals surface area contributed by atoms with Crippen LogP contribution in [0, 0.1) is 5.92 Å². The average molecular weight is 310 g/mol. The van der Waals surface area contributed by atoms with Crippen LogP contribution in [-0.4, -0.2) is 26.1 Å². The number of primary amides is 1. The first-order chi connectivity index (χ1) is 9.94. The molecule has 2 rings (SSSR count). The van der Waals surface area contributed by atoms with Crippen LogP contribution in [0.25, 0.3) is 0 Å². The van der Waals surface area contributed by atoms with Gasteiger partial charge in [-0.15, -0.1) is 0 Å². The van der Waals surface area contributed by atoms with E-state index in [2.05, 4.69) is 5.32 Å². The summed E-state index contributed by atoms with van der Waals surface area (Å²) in [4.78, 5) is 11.5. The maximum atomic E-state index is 12.1. The van der Waals surface area contributed by atoms with E-state index in [1.807, 2.05) is 6.07 Å². The number of rotatable bonds is 5. The fourth-order valence-electron chi connectivity index (χ4n) is 2.75. The minimum absolute atomic E-state index is 0.0438. The van der Waals surface area contributed by atoms with E-state index in [-0.39, 0.29) is 23.6 Å². The number of carbonyl (C=O) groups is 1. The van der Waals surface area contributed by atoms with Crippen LogP contribution in [0.2, 0.25) is 0 Å². The number of carbonyl (C=O) groups excluding carboxylic acids is 1. The number of anilines is 1. The Morgan fingerprint density at radius 1 is 1.24 bits per heavy atom. The molecule has 1 saturated carbocycles. The summed E-state index contributed by atoms with van der Waals surface area (Å²) in [5.41, 5.74) is 5.98. The van der Waals surface area contributed by atoms with Crippen molar-refractivity contribution in [2.24, 2.45) is 11.7 Å². The maximum Gasteiger partial charge on any atom is 0.220 e. The normalized spacial score (nSPS) is 22.7. The van der Waals surface area contributed by atoms with Gasteiger partial charge in [0.05, 0.1) is 16.3 Å². The van der Waals surface area contributed by atoms with Crippen molar-refractivity contribution in [3.63, 3.8) is 0 Å². The summed E-state index contributed by atoms with van der Waals surface area (Å²) in [7, 11) is -3.24. The van der Waals surface area contributed by atoms with Crippen LogP contribution in [0.3, 0.4) is 0 Å². The maximum absolute atomic E-state index is 12.1. The lowest BCUT2D eigenvalue weighted by Gasteiger charge is -2.28. The third-order valence-corrected chi connectivity index (χ3v) is 5.88. The first kappa shape index (κ1) is 15.8. The number of para-hydroxylation sites is 1. The van der Waals surface area contributed by atoms with E-state index in [9.17, 15) is 13.2 Å². The topological polar surface area (TPSA) is 89.3 Å². The molecule has 3 N–H and O–H groups in total. The van der Waals surface area contributed by atoms with Crippen LogP contribution in [-0.2, 0) is 14.6 Å². The first-order valence-corrected chi connectivity index (χ1v) is 8.97. The third kappa shape index (κ3) is 3.75. The minimum Gasteiger partial charge on any atom is -0.381 e. The summed E-state index contributed by atoms with van der Waals surface area (Å²) in [6, 6.07) is 7.18. The smallest absolute Gasteiger partial charge is 0.220 e. The number of amides is 1. The van der Waals surface area contributed by atoms with Crippen LogP contribution >= 0.6 is 0 Å². The van der Waals surface area contributed by atoms with E-state index in [4.69, 9.17) is 5.73 Å². The fraction of sp³-hybridized carbons (Fsp3) is 0.533. The van der Waals surface area contributed by atoms with E-state index >= 15 is 0 Å². The molecule has 6 heteroatoms. The summed E-state index contributed by atoms with van der Waals surface area (Å²) in [6.45, 7) is 1.64. The van der Waals surface area contributed by atoms with E-state index in [1.165, 1.54) is 0 Å². The Hall–Kier alpha value is -1.56. The Balaban J connectivity index is 2.10. The molecular weight excluding hydrogens is 288 g/mol. The van der Waals surface area contributed by atoms with E-state index in [0.29, 0.717) is 10.6 Å². The van der Waals surface area contributed by atoms with Gasteiger partial charge in [0.15, 0.2) is 9.84 Å². The quantitative estimate of drug-likeness (QED) is 0.869. The molecule has 1 aliphatic carbocycles. The van der Waals surface area contributed by atoms with Crippen molar-refractivity contribution in [3.05, 3.63) is 24.3 Å². The van der Waals surface area contributed by atoms with Crippen LogP contribution in [0.15, 0.2) is 29.2 Å². The van der Waals surface area contributed by atoms with Crippen molar-refractivity contribution in [2.75, 3.05) is 11.1 Å². The summed E-state index contributed by atoms with van der Waals surface area (Å²) in [6.07, 6.45) is 3.17. The molecule has 0 unspecified atom stereocenters. The van der Waals surface area contributed by atoms with Gasteiger partial charge in [-0.3, -0.25) is 4.79 Å². The van der Waals surface area contributed by atoms with Crippen molar-refractivity contribution >= 4 is 21.4 Å². The number of hydrogen-bond acceptors (Lipinski definition) is 4. The zero-order valence-corrected chi connectivity index (χ0v) is 13.0. The molecule has 0 radical (unpaired) electrons. The molecular formula is C15H22N2O3S. The Labute approximate surface area is 125 Å². The van der Waals surface area contributed by atoms with Crippen LogP contribution < -0.4 is 11.1 Å². The fourth-order valence-corrected chi connectivity index (χ4v) is 3.81. The monoisotopic (exact) mass is 310 g/mol. The van der Waals surface area contributed by atoms with E-state index < -0.39 is 9.84 Å². The van der Waals surface area contributed by atoms with Gasteiger partial charge in [-0.1, -0.05) is 19.1 Å². The van der Waals surface area contributed by atoms with Gasteiger partial charge in [-0.2, -0.15) is 0 Å². The van der Waals surface area contributed by atoms with Gasteiger partial charge < -0.3 is 11.1 Å². The summed E-state index contributed by atoms with van der Waals surface area (Å²) in [5, 5.41) is 3.32. The van der Waals surface area contributed by atoms with E-state index in [0.717, 1.165) is 25.7 Å². The van der Waals surface area contributed by atoms with Gasteiger partial charge in [-0.25, -0.2) is 8.42 Å². The number of nitrogens with two attached hydrogens (primary N) is 1. The molecule has 1 aromatic rings. The highest BCUT2D eigenvalue weighted by Gasteiger charge is 2.25. The molecule has 5 nitrogen and oxygen atoms in total. The Morgan fingerprint density at radius 2 is 1.86 bits per heavy atom. The van der Waals surface area contributed by atoms with Gasteiger partial charge in [0.2, 0.25) is 5.91 Å². The highest BCUT2D eigenvalue weighted by molar-refractivity contribution is 7.91. The molecule has 116 valence electrons. The molecule has 0 heterocycles. The van der Waals surface area contributed by atoms with Gasteiger partial charge in [0.25, 0.3) is 0 Å². The zero-order valence-electron chi connectivity index (χ0n) is 12.2. The minimum atomic E-state index is -3.24. The van der Waals surface area contributed by atoms with Crippen LogP contribution in [0.1, 0.15) is 32.6 Å². The number of sulfone groups is 1. The Kier molecular flexibility index (Phi) is 4.88. The van der Waals surface area contributed by atoms with Crippen molar-refractivity contribution in [1.82, 2.24) is 0 Å². The highest BCUT2D eigenvalue weighted by atomic mass is 32.2. The van der Waals surface area contributed by atoms with Crippen molar-refractivity contribution in [3.8, 4) is 0 Å². The largest absolute Gasteiger partial charge is 0.381 e. The van der Waals surface area contributed by atoms with Crippen molar-refractivity contribution < 1.29 is 13.2 Å². The lowest BCUT2D eigenvalue weighted by molar-refractivity contribution is -0.122. The predicted octanol–water partition coefficient (Wildman–Crippen LogP) is 1.94. The molecule has 0 atom stereocenters.